The van der Waals surface area contributed by atoms with Crippen LogP contribution in [0.3, 0.4) is 0 Å². The highest BCUT2D eigenvalue weighted by Gasteiger charge is 2.48. The molecule has 1 aliphatic heterocycles. The Bertz CT molecular complexity index is 2510. The molecular weight excluding hydrogens is 583 g/mol. The zero-order chi connectivity index (χ0) is 32.0. The van der Waals surface area contributed by atoms with Gasteiger partial charge in [0.15, 0.2) is 0 Å². The highest BCUT2D eigenvalue weighted by molar-refractivity contribution is 6.07. The molecule has 0 N–H and O–H groups in total. The van der Waals surface area contributed by atoms with Crippen LogP contribution in [-0.4, -0.2) is 0 Å². The van der Waals surface area contributed by atoms with Crippen molar-refractivity contribution in [3.05, 3.63) is 197 Å². The zero-order valence-corrected chi connectivity index (χ0v) is 26.9. The zero-order valence-electron chi connectivity index (χ0n) is 26.9. The van der Waals surface area contributed by atoms with E-state index in [1.54, 1.807) is 0 Å². The summed E-state index contributed by atoms with van der Waals surface area (Å²) in [5, 5.41) is 2.27. The van der Waals surface area contributed by atoms with Crippen molar-refractivity contribution in [3.8, 4) is 11.1 Å². The molecule has 8 aromatic rings. The Morgan fingerprint density at radius 1 is 0.458 bits per heavy atom. The lowest BCUT2D eigenvalue weighted by molar-refractivity contribution is 0.643. The molecule has 0 spiro atoms. The van der Waals surface area contributed by atoms with Crippen molar-refractivity contribution in [1.29, 1.82) is 0 Å². The average Bonchev–Trinajstić information content (AvgIpc) is 3.63. The van der Waals surface area contributed by atoms with Gasteiger partial charge >= 0.3 is 0 Å². The van der Waals surface area contributed by atoms with Crippen molar-refractivity contribution in [1.82, 2.24) is 0 Å². The van der Waals surface area contributed by atoms with Crippen LogP contribution in [-0.2, 0) is 10.8 Å². The maximum absolute atomic E-state index is 6.82. The summed E-state index contributed by atoms with van der Waals surface area (Å²) in [6, 6.07) is 59.9. The predicted octanol–water partition coefficient (Wildman–Crippen LogP) is 12.1. The first-order valence-corrected chi connectivity index (χ1v) is 16.8. The molecule has 2 heterocycles. The Morgan fingerprint density at radius 3 is 1.81 bits per heavy atom. The van der Waals surface area contributed by atoms with E-state index in [2.05, 4.69) is 183 Å². The summed E-state index contributed by atoms with van der Waals surface area (Å²) in [6.07, 6.45) is 0. The normalized spacial score (nSPS) is 15.2. The lowest BCUT2D eigenvalue weighted by Gasteiger charge is -2.46. The second-order valence-corrected chi connectivity index (χ2v) is 13.7. The molecule has 2 heteroatoms. The number of rotatable bonds is 3. The molecule has 0 bridgehead atoms. The number of nitrogens with zero attached hydrogens (tertiary/aromatic N) is 1. The molecule has 7 aromatic carbocycles. The van der Waals surface area contributed by atoms with Gasteiger partial charge in [0.1, 0.15) is 11.2 Å². The predicted molar refractivity (Wildman–Crippen MR) is 198 cm³/mol. The Morgan fingerprint density at radius 2 is 1.04 bits per heavy atom. The summed E-state index contributed by atoms with van der Waals surface area (Å²) in [6.45, 7) is 4.71. The van der Waals surface area contributed by atoms with E-state index >= 15 is 0 Å². The minimum atomic E-state index is -0.634. The molecular formula is C46H33NO. The first-order chi connectivity index (χ1) is 23.6. The molecule has 0 saturated heterocycles. The third-order valence-corrected chi connectivity index (χ3v) is 10.9. The number of hydrogen-bond acceptors (Lipinski definition) is 2. The van der Waals surface area contributed by atoms with E-state index < -0.39 is 5.41 Å². The van der Waals surface area contributed by atoms with E-state index in [0.29, 0.717) is 0 Å². The Labute approximate surface area is 280 Å². The largest absolute Gasteiger partial charge is 0.456 e. The molecule has 2 nitrogen and oxygen atoms in total. The molecule has 0 amide bonds. The van der Waals surface area contributed by atoms with E-state index in [-0.39, 0.29) is 5.41 Å². The number of benzene rings is 7. The van der Waals surface area contributed by atoms with Gasteiger partial charge in [-0.1, -0.05) is 147 Å². The molecule has 228 valence electrons. The molecule has 1 aromatic heterocycles. The maximum Gasteiger partial charge on any atom is 0.140 e. The van der Waals surface area contributed by atoms with Crippen LogP contribution in [0.5, 0.6) is 0 Å². The molecule has 1 aliphatic carbocycles. The second kappa shape index (κ2) is 9.82. The van der Waals surface area contributed by atoms with Crippen molar-refractivity contribution in [3.63, 3.8) is 0 Å². The van der Waals surface area contributed by atoms with Crippen LogP contribution in [0, 0.1) is 0 Å². The summed E-state index contributed by atoms with van der Waals surface area (Å²) in [7, 11) is 0. The minimum Gasteiger partial charge on any atom is -0.456 e. The SMILES string of the molecule is CC1(C)c2ccccc2-c2ccc(N3c4ccccc4C(c4ccccc4)(c4cccc5c4oc4ccccc45)c4ccccc43)cc21. The quantitative estimate of drug-likeness (QED) is 0.197. The standard InChI is InChI=1S/C46H33NO/c1-45(2)36-20-8-6-17-32(36)33-28-27-31(29-40(33)45)47-41-24-11-9-21-37(41)46(30-15-4-3-5-16-30,38-22-10-12-25-42(38)47)39-23-14-19-35-34-18-7-13-26-43(34)48-44(35)39/h3-29H,1-2H3. The van der Waals surface area contributed by atoms with Crippen molar-refractivity contribution in [2.45, 2.75) is 24.7 Å². The minimum absolute atomic E-state index is 0.0957. The molecule has 48 heavy (non-hydrogen) atoms. The number of anilines is 3. The van der Waals surface area contributed by atoms with Crippen LogP contribution in [0.15, 0.2) is 168 Å². The van der Waals surface area contributed by atoms with Crippen LogP contribution >= 0.6 is 0 Å². The summed E-state index contributed by atoms with van der Waals surface area (Å²) in [5.41, 5.74) is 14.8. The third-order valence-electron chi connectivity index (χ3n) is 10.9. The van der Waals surface area contributed by atoms with Gasteiger partial charge in [0.2, 0.25) is 0 Å². The van der Waals surface area contributed by atoms with E-state index in [4.69, 9.17) is 4.42 Å². The molecule has 0 atom stereocenters. The van der Waals surface area contributed by atoms with E-state index in [1.165, 1.54) is 50.3 Å². The van der Waals surface area contributed by atoms with Crippen LogP contribution in [0.1, 0.15) is 47.2 Å². The maximum atomic E-state index is 6.82. The second-order valence-electron chi connectivity index (χ2n) is 13.7. The van der Waals surface area contributed by atoms with Gasteiger partial charge in [0.05, 0.1) is 16.8 Å². The average molecular weight is 616 g/mol. The van der Waals surface area contributed by atoms with Gasteiger partial charge in [-0.2, -0.15) is 0 Å². The number of fused-ring (bicyclic) bond motifs is 8. The Kier molecular flexibility index (Phi) is 5.58. The fraction of sp³-hybridized carbons (Fsp3) is 0.0870. The van der Waals surface area contributed by atoms with Crippen molar-refractivity contribution < 1.29 is 4.42 Å². The van der Waals surface area contributed by atoms with Gasteiger partial charge < -0.3 is 9.32 Å². The summed E-state index contributed by atoms with van der Waals surface area (Å²) >= 11 is 0. The highest BCUT2D eigenvalue weighted by Crippen LogP contribution is 2.59. The van der Waals surface area contributed by atoms with Crippen LogP contribution < -0.4 is 4.90 Å². The van der Waals surface area contributed by atoms with Crippen molar-refractivity contribution in [2.75, 3.05) is 4.90 Å². The molecule has 0 unspecified atom stereocenters. The summed E-state index contributed by atoms with van der Waals surface area (Å²) in [4.78, 5) is 2.48. The third kappa shape index (κ3) is 3.47. The molecule has 10 rings (SSSR count). The number of para-hydroxylation sites is 4. The lowest BCUT2D eigenvalue weighted by Crippen LogP contribution is -2.37. The summed E-state index contributed by atoms with van der Waals surface area (Å²) < 4.78 is 6.82. The van der Waals surface area contributed by atoms with Gasteiger partial charge in [0.25, 0.3) is 0 Å². The van der Waals surface area contributed by atoms with Crippen LogP contribution in [0.2, 0.25) is 0 Å². The van der Waals surface area contributed by atoms with Gasteiger partial charge in [-0.15, -0.1) is 0 Å². The lowest BCUT2D eigenvalue weighted by atomic mass is 9.62. The Hall–Kier alpha value is -5.86. The summed E-state index contributed by atoms with van der Waals surface area (Å²) in [5.74, 6) is 0. The van der Waals surface area contributed by atoms with E-state index in [0.717, 1.165) is 33.2 Å². The fourth-order valence-corrected chi connectivity index (χ4v) is 8.84. The Balaban J connectivity index is 1.30. The highest BCUT2D eigenvalue weighted by atomic mass is 16.3. The van der Waals surface area contributed by atoms with E-state index in [1.807, 2.05) is 0 Å². The van der Waals surface area contributed by atoms with Crippen LogP contribution in [0.4, 0.5) is 17.1 Å². The molecule has 0 saturated carbocycles. The van der Waals surface area contributed by atoms with Gasteiger partial charge in [-0.05, 0) is 69.3 Å². The van der Waals surface area contributed by atoms with Gasteiger partial charge in [-0.3, -0.25) is 0 Å². The topological polar surface area (TPSA) is 16.4 Å². The monoisotopic (exact) mass is 615 g/mol. The molecule has 0 fully saturated rings. The first kappa shape index (κ1) is 27.3. The first-order valence-electron chi connectivity index (χ1n) is 16.8. The van der Waals surface area contributed by atoms with Crippen molar-refractivity contribution in [2.24, 2.45) is 0 Å². The van der Waals surface area contributed by atoms with Gasteiger partial charge in [0, 0.05) is 27.4 Å². The van der Waals surface area contributed by atoms with Crippen LogP contribution in [0.25, 0.3) is 33.1 Å². The fourth-order valence-electron chi connectivity index (χ4n) is 8.84. The molecule has 2 aliphatic rings. The number of furan rings is 1. The smallest absolute Gasteiger partial charge is 0.140 e. The molecule has 0 radical (unpaired) electrons. The van der Waals surface area contributed by atoms with Gasteiger partial charge in [-0.25, -0.2) is 0 Å². The number of hydrogen-bond donors (Lipinski definition) is 0. The van der Waals surface area contributed by atoms with Crippen molar-refractivity contribution >= 4 is 39.0 Å². The van der Waals surface area contributed by atoms with E-state index in [9.17, 15) is 0 Å².